The first kappa shape index (κ1) is 12.8. The summed E-state index contributed by atoms with van der Waals surface area (Å²) in [6, 6.07) is 3.26. The highest BCUT2D eigenvalue weighted by molar-refractivity contribution is 7.93. The van der Waals surface area contributed by atoms with Crippen molar-refractivity contribution in [3.63, 3.8) is 0 Å². The van der Waals surface area contributed by atoms with Gasteiger partial charge >= 0.3 is 0 Å². The monoisotopic (exact) mass is 284 g/mol. The van der Waals surface area contributed by atoms with E-state index in [9.17, 15) is 8.42 Å². The summed E-state index contributed by atoms with van der Waals surface area (Å²) >= 11 is 0.983. The molecule has 0 bridgehead atoms. The molecule has 1 heterocycles. The number of nitrogen functional groups attached to an aromatic ring is 1. The predicted octanol–water partition coefficient (Wildman–Crippen LogP) is 1.54. The van der Waals surface area contributed by atoms with E-state index in [1.807, 2.05) is 0 Å². The molecule has 6 nitrogen and oxygen atoms in total. The number of aromatic nitrogens is 2. The topological polar surface area (TPSA) is 98.0 Å². The molecule has 3 N–H and O–H groups in total. The van der Waals surface area contributed by atoms with E-state index in [4.69, 9.17) is 5.73 Å². The number of hydrogen-bond acceptors (Lipinski definition) is 6. The van der Waals surface area contributed by atoms with Crippen molar-refractivity contribution >= 4 is 32.2 Å². The molecule has 0 radical (unpaired) electrons. The van der Waals surface area contributed by atoms with Gasteiger partial charge in [-0.1, -0.05) is 4.49 Å². The fraction of sp³-hybridized carbons (Fsp3) is 0.200. The fourth-order valence-corrected chi connectivity index (χ4v) is 3.94. The number of nitrogens with two attached hydrogens (primary N) is 1. The quantitative estimate of drug-likeness (QED) is 0.833. The maximum Gasteiger partial charge on any atom is 0.263 e. The molecule has 2 rings (SSSR count). The average molecular weight is 284 g/mol. The third-order valence-electron chi connectivity index (χ3n) is 2.35. The number of aryl methyl sites for hydroxylation is 2. The van der Waals surface area contributed by atoms with Gasteiger partial charge in [-0.05, 0) is 37.1 Å². The van der Waals surface area contributed by atoms with Crippen molar-refractivity contribution in [3.05, 3.63) is 29.5 Å². The molecule has 0 saturated heterocycles. The molecule has 18 heavy (non-hydrogen) atoms. The number of nitrogens with zero attached hydrogens (tertiary/aromatic N) is 2. The maximum atomic E-state index is 12.3. The van der Waals surface area contributed by atoms with E-state index in [-0.39, 0.29) is 4.90 Å². The van der Waals surface area contributed by atoms with Gasteiger partial charge in [-0.25, -0.2) is 8.42 Å². The standard InChI is InChI=1S/C10H12N4O2S2/c1-6-3-8(11)4-7(2)10(6)18(15,16)13-9-5-12-14-17-9/h3-5,13H,11H2,1-2H3. The summed E-state index contributed by atoms with van der Waals surface area (Å²) in [7, 11) is -3.64. The minimum atomic E-state index is -3.64. The van der Waals surface area contributed by atoms with Gasteiger partial charge in [0.05, 0.1) is 11.1 Å². The first-order valence-electron chi connectivity index (χ1n) is 5.07. The Hall–Kier alpha value is -1.67. The van der Waals surface area contributed by atoms with Gasteiger partial charge in [0.1, 0.15) is 5.00 Å². The second-order valence-electron chi connectivity index (χ2n) is 3.87. The van der Waals surface area contributed by atoms with Crippen LogP contribution in [0.5, 0.6) is 0 Å². The highest BCUT2D eigenvalue weighted by atomic mass is 32.2. The molecule has 0 unspecified atom stereocenters. The number of hydrogen-bond donors (Lipinski definition) is 2. The van der Waals surface area contributed by atoms with Crippen LogP contribution >= 0.6 is 11.5 Å². The molecule has 0 amide bonds. The molecule has 8 heteroatoms. The SMILES string of the molecule is Cc1cc(N)cc(C)c1S(=O)(=O)Nc1cnns1. The number of nitrogens with one attached hydrogen (secondary N) is 1. The first-order chi connectivity index (χ1) is 8.40. The Morgan fingerprint density at radius 3 is 2.39 bits per heavy atom. The molecule has 1 aromatic carbocycles. The normalized spacial score (nSPS) is 11.4. The summed E-state index contributed by atoms with van der Waals surface area (Å²) < 4.78 is 30.5. The molecule has 0 fully saturated rings. The molecular formula is C10H12N4O2S2. The number of benzene rings is 1. The van der Waals surface area contributed by atoms with Crippen molar-refractivity contribution < 1.29 is 8.42 Å². The molecule has 0 spiro atoms. The lowest BCUT2D eigenvalue weighted by Crippen LogP contribution is -2.15. The molecule has 0 atom stereocenters. The van der Waals surface area contributed by atoms with Crippen molar-refractivity contribution in [2.75, 3.05) is 10.5 Å². The van der Waals surface area contributed by atoms with E-state index in [0.29, 0.717) is 21.8 Å². The Morgan fingerprint density at radius 2 is 1.89 bits per heavy atom. The van der Waals surface area contributed by atoms with E-state index in [1.165, 1.54) is 6.20 Å². The molecule has 96 valence electrons. The van der Waals surface area contributed by atoms with E-state index in [1.54, 1.807) is 26.0 Å². The van der Waals surface area contributed by atoms with E-state index in [2.05, 4.69) is 14.3 Å². The Morgan fingerprint density at radius 1 is 1.28 bits per heavy atom. The summed E-state index contributed by atoms with van der Waals surface area (Å²) in [6.07, 6.45) is 1.37. The second-order valence-corrected chi connectivity index (χ2v) is 6.28. The molecule has 1 aromatic heterocycles. The van der Waals surface area contributed by atoms with Crippen molar-refractivity contribution in [3.8, 4) is 0 Å². The summed E-state index contributed by atoms with van der Waals surface area (Å²) in [5.41, 5.74) is 7.44. The molecular weight excluding hydrogens is 272 g/mol. The Kier molecular flexibility index (Phi) is 3.22. The van der Waals surface area contributed by atoms with Crippen LogP contribution in [0, 0.1) is 13.8 Å². The van der Waals surface area contributed by atoms with Gasteiger partial charge in [-0.15, -0.1) is 5.10 Å². The molecule has 0 aliphatic heterocycles. The lowest BCUT2D eigenvalue weighted by Gasteiger charge is -2.12. The number of anilines is 2. The van der Waals surface area contributed by atoms with Gasteiger partial charge in [0.15, 0.2) is 0 Å². The third kappa shape index (κ3) is 2.44. The lowest BCUT2D eigenvalue weighted by atomic mass is 10.1. The second kappa shape index (κ2) is 4.54. The van der Waals surface area contributed by atoms with Gasteiger partial charge in [-0.3, -0.25) is 4.72 Å². The van der Waals surface area contributed by atoms with Crippen LogP contribution in [0.4, 0.5) is 10.7 Å². The van der Waals surface area contributed by atoms with Gasteiger partial charge in [0.25, 0.3) is 10.0 Å². The first-order valence-corrected chi connectivity index (χ1v) is 7.33. The van der Waals surface area contributed by atoms with Gasteiger partial charge in [0.2, 0.25) is 0 Å². The van der Waals surface area contributed by atoms with Crippen LogP contribution in [0.25, 0.3) is 0 Å². The van der Waals surface area contributed by atoms with Gasteiger partial charge in [-0.2, -0.15) is 0 Å². The van der Waals surface area contributed by atoms with Crippen LogP contribution < -0.4 is 10.5 Å². The predicted molar refractivity (Wildman–Crippen MR) is 71.0 cm³/mol. The van der Waals surface area contributed by atoms with E-state index >= 15 is 0 Å². The molecule has 0 saturated carbocycles. The third-order valence-corrected chi connectivity index (χ3v) is 4.73. The zero-order valence-corrected chi connectivity index (χ0v) is 11.5. The zero-order chi connectivity index (χ0) is 13.3. The largest absolute Gasteiger partial charge is 0.399 e. The average Bonchev–Trinajstić information content (AvgIpc) is 2.66. The van der Waals surface area contributed by atoms with Crippen molar-refractivity contribution in [2.45, 2.75) is 18.7 Å². The summed E-state index contributed by atoms with van der Waals surface area (Å²) in [5, 5.41) is 3.96. The lowest BCUT2D eigenvalue weighted by molar-refractivity contribution is 0.600. The zero-order valence-electron chi connectivity index (χ0n) is 9.84. The Labute approximate surface area is 109 Å². The van der Waals surface area contributed by atoms with Crippen LogP contribution in [-0.2, 0) is 10.0 Å². The smallest absolute Gasteiger partial charge is 0.263 e. The van der Waals surface area contributed by atoms with Gasteiger partial charge in [0, 0.05) is 17.2 Å². The number of sulfonamides is 1. The Bertz CT molecular complexity index is 642. The van der Waals surface area contributed by atoms with Crippen molar-refractivity contribution in [1.82, 2.24) is 9.59 Å². The maximum absolute atomic E-state index is 12.3. The van der Waals surface area contributed by atoms with Gasteiger partial charge < -0.3 is 5.73 Å². The minimum absolute atomic E-state index is 0.241. The van der Waals surface area contributed by atoms with E-state index < -0.39 is 10.0 Å². The van der Waals surface area contributed by atoms with E-state index in [0.717, 1.165) is 11.5 Å². The molecule has 0 aliphatic rings. The summed E-state index contributed by atoms with van der Waals surface area (Å²) in [6.45, 7) is 3.42. The minimum Gasteiger partial charge on any atom is -0.399 e. The van der Waals surface area contributed by atoms with Crippen LogP contribution in [0.3, 0.4) is 0 Å². The summed E-state index contributed by atoms with van der Waals surface area (Å²) in [5.74, 6) is 0. The fourth-order valence-electron chi connectivity index (χ4n) is 1.80. The van der Waals surface area contributed by atoms with Crippen molar-refractivity contribution in [2.24, 2.45) is 0 Å². The van der Waals surface area contributed by atoms with Crippen LogP contribution in [0.2, 0.25) is 0 Å². The Balaban J connectivity index is 2.48. The summed E-state index contributed by atoms with van der Waals surface area (Å²) in [4.78, 5) is 0.241. The molecule has 2 aromatic rings. The van der Waals surface area contributed by atoms with Crippen molar-refractivity contribution in [1.29, 1.82) is 0 Å². The number of rotatable bonds is 3. The highest BCUT2D eigenvalue weighted by Crippen LogP contribution is 2.25. The molecule has 0 aliphatic carbocycles. The highest BCUT2D eigenvalue weighted by Gasteiger charge is 2.20. The van der Waals surface area contributed by atoms with Crippen LogP contribution in [0.15, 0.2) is 23.2 Å². The van der Waals surface area contributed by atoms with Crippen LogP contribution in [-0.4, -0.2) is 18.0 Å². The van der Waals surface area contributed by atoms with Crippen LogP contribution in [0.1, 0.15) is 11.1 Å².